The standard InChI is InChI=1S/C23H17ClF2N2O2/c1-14-22(29)27(13-15-6-8-16(24)9-7-15)20-4-2-3-5-21(20)28(14)23(30)18-11-10-17(25)12-19(18)26/h2-12,14H,13H2,1H3/t14-/m1/s1. The molecule has 152 valence electrons. The minimum Gasteiger partial charge on any atom is -0.304 e. The molecular formula is C23H17ClF2N2O2. The van der Waals surface area contributed by atoms with Gasteiger partial charge in [-0.05, 0) is 48.9 Å². The fourth-order valence-corrected chi connectivity index (χ4v) is 3.70. The lowest BCUT2D eigenvalue weighted by Gasteiger charge is -2.40. The minimum atomic E-state index is -0.972. The fraction of sp³-hybridized carbons (Fsp3) is 0.130. The molecule has 30 heavy (non-hydrogen) atoms. The summed E-state index contributed by atoms with van der Waals surface area (Å²) in [5.74, 6) is -2.76. The molecular weight excluding hydrogens is 410 g/mol. The number of nitrogens with zero attached hydrogens (tertiary/aromatic N) is 2. The van der Waals surface area contributed by atoms with Gasteiger partial charge in [-0.1, -0.05) is 35.9 Å². The lowest BCUT2D eigenvalue weighted by molar-refractivity contribution is -0.119. The third-order valence-corrected chi connectivity index (χ3v) is 5.33. The lowest BCUT2D eigenvalue weighted by atomic mass is 10.0. The van der Waals surface area contributed by atoms with E-state index in [0.717, 1.165) is 17.7 Å². The second-order valence-corrected chi connectivity index (χ2v) is 7.45. The van der Waals surface area contributed by atoms with E-state index in [1.807, 2.05) is 12.1 Å². The molecule has 3 aromatic rings. The Morgan fingerprint density at radius 2 is 1.67 bits per heavy atom. The molecule has 2 amide bonds. The van der Waals surface area contributed by atoms with E-state index >= 15 is 0 Å². The minimum absolute atomic E-state index is 0.294. The van der Waals surface area contributed by atoms with Crippen molar-refractivity contribution in [3.05, 3.63) is 94.5 Å². The number of halogens is 3. The van der Waals surface area contributed by atoms with E-state index in [0.29, 0.717) is 29.0 Å². The number of hydrogen-bond acceptors (Lipinski definition) is 2. The molecule has 0 unspecified atom stereocenters. The number of carbonyl (C=O) groups excluding carboxylic acids is 2. The number of carbonyl (C=O) groups is 2. The van der Waals surface area contributed by atoms with Gasteiger partial charge in [0.1, 0.15) is 17.7 Å². The maximum atomic E-state index is 14.3. The molecule has 0 radical (unpaired) electrons. The highest BCUT2D eigenvalue weighted by molar-refractivity contribution is 6.30. The summed E-state index contributed by atoms with van der Waals surface area (Å²) >= 11 is 5.94. The van der Waals surface area contributed by atoms with E-state index in [4.69, 9.17) is 11.6 Å². The summed E-state index contributed by atoms with van der Waals surface area (Å²) in [6, 6.07) is 16.0. The topological polar surface area (TPSA) is 40.6 Å². The zero-order valence-corrected chi connectivity index (χ0v) is 16.7. The number of amides is 2. The summed E-state index contributed by atoms with van der Waals surface area (Å²) in [6.45, 7) is 1.89. The predicted molar refractivity (Wildman–Crippen MR) is 112 cm³/mol. The highest BCUT2D eigenvalue weighted by Crippen LogP contribution is 2.38. The van der Waals surface area contributed by atoms with Gasteiger partial charge in [-0.15, -0.1) is 0 Å². The summed E-state index contributed by atoms with van der Waals surface area (Å²) < 4.78 is 27.5. The van der Waals surface area contributed by atoms with Crippen molar-refractivity contribution in [1.82, 2.24) is 0 Å². The Hall–Kier alpha value is -3.25. The first-order valence-electron chi connectivity index (χ1n) is 9.30. The summed E-state index contributed by atoms with van der Waals surface area (Å²) in [5, 5.41) is 0.593. The van der Waals surface area contributed by atoms with E-state index in [-0.39, 0.29) is 11.5 Å². The molecule has 0 saturated carbocycles. The normalized spacial score (nSPS) is 15.9. The van der Waals surface area contributed by atoms with Crippen LogP contribution in [-0.4, -0.2) is 17.9 Å². The number of para-hydroxylation sites is 2. The van der Waals surface area contributed by atoms with E-state index < -0.39 is 23.6 Å². The van der Waals surface area contributed by atoms with Crippen LogP contribution < -0.4 is 9.80 Å². The molecule has 3 aromatic carbocycles. The van der Waals surface area contributed by atoms with Gasteiger partial charge in [-0.25, -0.2) is 8.78 Å². The number of benzene rings is 3. The monoisotopic (exact) mass is 426 g/mol. The molecule has 0 saturated heterocycles. The second-order valence-electron chi connectivity index (χ2n) is 7.01. The number of fused-ring (bicyclic) bond motifs is 1. The van der Waals surface area contributed by atoms with Gasteiger partial charge in [0, 0.05) is 11.1 Å². The molecule has 0 aliphatic carbocycles. The second kappa shape index (κ2) is 7.88. The van der Waals surface area contributed by atoms with Crippen LogP contribution in [0, 0.1) is 11.6 Å². The SMILES string of the molecule is C[C@@H]1C(=O)N(Cc2ccc(Cl)cc2)c2ccccc2N1C(=O)c1ccc(F)cc1F. The molecule has 0 N–H and O–H groups in total. The van der Waals surface area contributed by atoms with Gasteiger partial charge in [0.25, 0.3) is 5.91 Å². The summed E-state index contributed by atoms with van der Waals surface area (Å²) in [7, 11) is 0. The van der Waals surface area contributed by atoms with Gasteiger partial charge in [-0.2, -0.15) is 0 Å². The molecule has 4 rings (SSSR count). The van der Waals surface area contributed by atoms with Crippen LogP contribution in [0.15, 0.2) is 66.7 Å². The van der Waals surface area contributed by atoms with Crippen LogP contribution in [0.1, 0.15) is 22.8 Å². The molecule has 1 aliphatic heterocycles. The molecule has 0 spiro atoms. The third kappa shape index (κ3) is 3.55. The molecule has 0 aromatic heterocycles. The fourth-order valence-electron chi connectivity index (χ4n) is 3.57. The first-order valence-corrected chi connectivity index (χ1v) is 9.68. The Bertz CT molecular complexity index is 1130. The van der Waals surface area contributed by atoms with E-state index in [9.17, 15) is 18.4 Å². The zero-order chi connectivity index (χ0) is 21.4. The van der Waals surface area contributed by atoms with Crippen molar-refractivity contribution in [2.45, 2.75) is 19.5 Å². The molecule has 0 fully saturated rings. The van der Waals surface area contributed by atoms with Crippen molar-refractivity contribution in [2.24, 2.45) is 0 Å². The number of rotatable bonds is 3. The van der Waals surface area contributed by atoms with Crippen molar-refractivity contribution in [3.8, 4) is 0 Å². The van der Waals surface area contributed by atoms with Crippen molar-refractivity contribution in [1.29, 1.82) is 0 Å². The van der Waals surface area contributed by atoms with Crippen molar-refractivity contribution in [2.75, 3.05) is 9.80 Å². The van der Waals surface area contributed by atoms with Crippen LogP contribution in [0.3, 0.4) is 0 Å². The first-order chi connectivity index (χ1) is 14.4. The van der Waals surface area contributed by atoms with Gasteiger partial charge in [-0.3, -0.25) is 14.5 Å². The zero-order valence-electron chi connectivity index (χ0n) is 16.0. The van der Waals surface area contributed by atoms with Crippen molar-refractivity contribution >= 4 is 34.8 Å². The molecule has 1 aliphatic rings. The third-order valence-electron chi connectivity index (χ3n) is 5.08. The predicted octanol–water partition coefficient (Wildman–Crippen LogP) is 5.20. The van der Waals surface area contributed by atoms with Crippen LogP contribution in [0.2, 0.25) is 5.02 Å². The van der Waals surface area contributed by atoms with E-state index in [1.165, 1.54) is 4.90 Å². The Morgan fingerprint density at radius 3 is 2.33 bits per heavy atom. The molecule has 1 atom stereocenters. The van der Waals surface area contributed by atoms with Gasteiger partial charge in [0.2, 0.25) is 5.91 Å². The van der Waals surface area contributed by atoms with Crippen LogP contribution in [0.25, 0.3) is 0 Å². The summed E-state index contributed by atoms with van der Waals surface area (Å²) in [5.41, 5.74) is 1.59. The lowest BCUT2D eigenvalue weighted by Crippen LogP contribution is -2.54. The van der Waals surface area contributed by atoms with Crippen LogP contribution >= 0.6 is 11.6 Å². The van der Waals surface area contributed by atoms with Crippen LogP contribution in [-0.2, 0) is 11.3 Å². The quantitative estimate of drug-likeness (QED) is 0.577. The van der Waals surface area contributed by atoms with E-state index in [2.05, 4.69) is 0 Å². The van der Waals surface area contributed by atoms with Crippen molar-refractivity contribution in [3.63, 3.8) is 0 Å². The maximum absolute atomic E-state index is 14.3. The average molecular weight is 427 g/mol. The Labute approximate surface area is 177 Å². The van der Waals surface area contributed by atoms with Gasteiger partial charge in [0.15, 0.2) is 0 Å². The van der Waals surface area contributed by atoms with Crippen molar-refractivity contribution < 1.29 is 18.4 Å². The molecule has 4 nitrogen and oxygen atoms in total. The maximum Gasteiger partial charge on any atom is 0.262 e. The molecule has 1 heterocycles. The highest BCUT2D eigenvalue weighted by atomic mass is 35.5. The first kappa shape index (κ1) is 20.0. The Kier molecular flexibility index (Phi) is 5.26. The van der Waals surface area contributed by atoms with Crippen LogP contribution in [0.5, 0.6) is 0 Å². The van der Waals surface area contributed by atoms with Gasteiger partial charge >= 0.3 is 0 Å². The molecule has 0 bridgehead atoms. The highest BCUT2D eigenvalue weighted by Gasteiger charge is 2.39. The number of anilines is 2. The van der Waals surface area contributed by atoms with Gasteiger partial charge < -0.3 is 4.90 Å². The Balaban J connectivity index is 1.75. The average Bonchev–Trinajstić information content (AvgIpc) is 2.72. The largest absolute Gasteiger partial charge is 0.304 e. The van der Waals surface area contributed by atoms with Crippen LogP contribution in [0.4, 0.5) is 20.2 Å². The summed E-state index contributed by atoms with van der Waals surface area (Å²) in [4.78, 5) is 29.2. The smallest absolute Gasteiger partial charge is 0.262 e. The Morgan fingerprint density at radius 1 is 1.00 bits per heavy atom. The number of hydrogen-bond donors (Lipinski definition) is 0. The van der Waals surface area contributed by atoms with Gasteiger partial charge in [0.05, 0.1) is 23.5 Å². The van der Waals surface area contributed by atoms with E-state index in [1.54, 1.807) is 48.2 Å². The molecule has 7 heteroatoms. The summed E-state index contributed by atoms with van der Waals surface area (Å²) in [6.07, 6.45) is 0.